The number of rotatable bonds is 3. The van der Waals surface area contributed by atoms with Crippen molar-refractivity contribution >= 4 is 23.2 Å². The minimum Gasteiger partial charge on any atom is -0.378 e. The van der Waals surface area contributed by atoms with E-state index in [1.807, 2.05) is 46.1 Å². The summed E-state index contributed by atoms with van der Waals surface area (Å²) in [5.41, 5.74) is 0.871. The van der Waals surface area contributed by atoms with Crippen molar-refractivity contribution in [3.63, 3.8) is 0 Å². The highest BCUT2D eigenvalue weighted by Crippen LogP contribution is 2.32. The summed E-state index contributed by atoms with van der Waals surface area (Å²) in [4.78, 5) is 3.66. The molecule has 0 amide bonds. The van der Waals surface area contributed by atoms with E-state index in [9.17, 15) is 0 Å². The van der Waals surface area contributed by atoms with E-state index in [1.54, 1.807) is 4.90 Å². The number of hydrogen-bond donors (Lipinski definition) is 0. The zero-order chi connectivity index (χ0) is 9.94. The molecule has 0 N–H and O–H groups in total. The van der Waals surface area contributed by atoms with Crippen LogP contribution in [0.15, 0.2) is 11.8 Å². The number of alkyl halides is 2. The van der Waals surface area contributed by atoms with Gasteiger partial charge in [0.25, 0.3) is 0 Å². The molecule has 2 nitrogen and oxygen atoms in total. The normalized spacial score (nSPS) is 13.8. The molecule has 0 aliphatic carbocycles. The summed E-state index contributed by atoms with van der Waals surface area (Å²) < 4.78 is -0.946. The highest BCUT2D eigenvalue weighted by atomic mass is 35.5. The highest BCUT2D eigenvalue weighted by molar-refractivity contribution is 6.49. The van der Waals surface area contributed by atoms with Crippen LogP contribution < -0.4 is 0 Å². The van der Waals surface area contributed by atoms with E-state index in [0.29, 0.717) is 0 Å². The molecule has 12 heavy (non-hydrogen) atoms. The summed E-state index contributed by atoms with van der Waals surface area (Å²) in [7, 11) is 7.51. The van der Waals surface area contributed by atoms with Crippen LogP contribution >= 0.6 is 23.2 Å². The van der Waals surface area contributed by atoms with Gasteiger partial charge in [-0.25, -0.2) is 0 Å². The molecule has 0 radical (unpaired) electrons. The smallest absolute Gasteiger partial charge is 0.210 e. The molecule has 0 saturated carbocycles. The Morgan fingerprint density at radius 3 is 1.67 bits per heavy atom. The molecule has 0 atom stereocenters. The summed E-state index contributed by atoms with van der Waals surface area (Å²) in [5.74, 6) is 0. The number of likely N-dealkylation sites (N-methyl/N-ethyl adjacent to an activating group) is 2. The third-order valence-electron chi connectivity index (χ3n) is 1.63. The van der Waals surface area contributed by atoms with Crippen molar-refractivity contribution in [3.05, 3.63) is 11.8 Å². The molecule has 0 fully saturated rings. The van der Waals surface area contributed by atoms with Gasteiger partial charge in [-0.2, -0.15) is 0 Å². The van der Waals surface area contributed by atoms with Gasteiger partial charge in [0.1, 0.15) is 0 Å². The van der Waals surface area contributed by atoms with Crippen molar-refractivity contribution in [2.24, 2.45) is 0 Å². The number of nitrogens with zero attached hydrogens (tertiary/aromatic N) is 2. The third kappa shape index (κ3) is 2.54. The third-order valence-corrected chi connectivity index (χ3v) is 2.69. The maximum absolute atomic E-state index is 6.11. The molecule has 0 heterocycles. The van der Waals surface area contributed by atoms with Crippen LogP contribution in [0, 0.1) is 0 Å². The van der Waals surface area contributed by atoms with Crippen molar-refractivity contribution < 1.29 is 0 Å². The second-order valence-corrected chi connectivity index (χ2v) is 4.29. The van der Waals surface area contributed by atoms with Crippen LogP contribution in [0.2, 0.25) is 0 Å². The summed E-state index contributed by atoms with van der Waals surface area (Å²) in [6, 6.07) is 0. The molecule has 0 aliphatic rings. The molecular formula is C8H16Cl2N2. The molecule has 0 aromatic heterocycles. The van der Waals surface area contributed by atoms with Gasteiger partial charge < -0.3 is 4.90 Å². The van der Waals surface area contributed by atoms with Gasteiger partial charge >= 0.3 is 0 Å². The van der Waals surface area contributed by atoms with Gasteiger partial charge in [0, 0.05) is 14.1 Å². The first-order chi connectivity index (χ1) is 5.34. The maximum atomic E-state index is 6.11. The van der Waals surface area contributed by atoms with Gasteiger partial charge in [0.15, 0.2) is 0 Å². The zero-order valence-corrected chi connectivity index (χ0v) is 9.74. The van der Waals surface area contributed by atoms with Gasteiger partial charge in [-0.15, -0.1) is 0 Å². The predicted molar refractivity (Wildman–Crippen MR) is 55.6 cm³/mol. The largest absolute Gasteiger partial charge is 0.378 e. The lowest BCUT2D eigenvalue weighted by molar-refractivity contribution is 0.317. The topological polar surface area (TPSA) is 6.48 Å². The molecule has 0 spiro atoms. The first-order valence-electron chi connectivity index (χ1n) is 3.73. The van der Waals surface area contributed by atoms with Crippen LogP contribution in [-0.4, -0.2) is 42.4 Å². The lowest BCUT2D eigenvalue weighted by atomic mass is 10.3. The predicted octanol–water partition coefficient (Wildman–Crippen LogP) is 2.14. The van der Waals surface area contributed by atoms with Crippen LogP contribution in [0.5, 0.6) is 0 Å². The van der Waals surface area contributed by atoms with E-state index in [4.69, 9.17) is 23.2 Å². The fourth-order valence-corrected chi connectivity index (χ4v) is 1.49. The van der Waals surface area contributed by atoms with Crippen LogP contribution in [-0.2, 0) is 0 Å². The fourth-order valence-electron chi connectivity index (χ4n) is 0.930. The number of allylic oxidation sites excluding steroid dienone is 1. The minimum atomic E-state index is -0.946. The summed E-state index contributed by atoms with van der Waals surface area (Å²) in [5, 5.41) is 0. The molecule has 0 bridgehead atoms. The minimum absolute atomic E-state index is 0.871. The van der Waals surface area contributed by atoms with E-state index in [0.717, 1.165) is 5.70 Å². The van der Waals surface area contributed by atoms with Crippen LogP contribution in [0.1, 0.15) is 6.92 Å². The molecule has 0 aromatic carbocycles. The van der Waals surface area contributed by atoms with Crippen LogP contribution in [0.4, 0.5) is 0 Å². The van der Waals surface area contributed by atoms with Crippen molar-refractivity contribution in [3.8, 4) is 0 Å². The Hall–Kier alpha value is 0.0800. The van der Waals surface area contributed by atoms with Crippen LogP contribution in [0.25, 0.3) is 0 Å². The second kappa shape index (κ2) is 4.35. The Kier molecular flexibility index (Phi) is 4.38. The zero-order valence-electron chi connectivity index (χ0n) is 8.23. The average Bonchev–Trinajstić information content (AvgIpc) is 1.86. The van der Waals surface area contributed by atoms with E-state index >= 15 is 0 Å². The SMILES string of the molecule is CC=C(N(C)C)C(Cl)(Cl)N(C)C. The maximum Gasteiger partial charge on any atom is 0.210 e. The Morgan fingerprint density at radius 1 is 1.17 bits per heavy atom. The van der Waals surface area contributed by atoms with E-state index < -0.39 is 4.46 Å². The van der Waals surface area contributed by atoms with Gasteiger partial charge in [-0.1, -0.05) is 29.3 Å². The van der Waals surface area contributed by atoms with Crippen LogP contribution in [0.3, 0.4) is 0 Å². The monoisotopic (exact) mass is 210 g/mol. The Morgan fingerprint density at radius 2 is 1.58 bits per heavy atom. The van der Waals surface area contributed by atoms with Gasteiger partial charge in [0.05, 0.1) is 5.70 Å². The van der Waals surface area contributed by atoms with E-state index in [-0.39, 0.29) is 0 Å². The molecule has 4 heteroatoms. The second-order valence-electron chi connectivity index (χ2n) is 3.00. The van der Waals surface area contributed by atoms with Crippen molar-refractivity contribution in [1.29, 1.82) is 0 Å². The molecular weight excluding hydrogens is 195 g/mol. The molecule has 0 saturated heterocycles. The lowest BCUT2D eigenvalue weighted by Crippen LogP contribution is -2.39. The van der Waals surface area contributed by atoms with Gasteiger partial charge in [-0.3, -0.25) is 4.90 Å². The number of halogens is 2. The lowest BCUT2D eigenvalue weighted by Gasteiger charge is -2.33. The molecule has 0 aliphatic heterocycles. The van der Waals surface area contributed by atoms with Gasteiger partial charge in [0.2, 0.25) is 4.46 Å². The Balaban J connectivity index is 4.74. The molecule has 0 rings (SSSR count). The molecule has 0 unspecified atom stereocenters. The van der Waals surface area contributed by atoms with E-state index in [2.05, 4.69) is 0 Å². The molecule has 0 aromatic rings. The van der Waals surface area contributed by atoms with Crippen molar-refractivity contribution in [1.82, 2.24) is 9.80 Å². The fraction of sp³-hybridized carbons (Fsp3) is 0.750. The van der Waals surface area contributed by atoms with Crippen molar-refractivity contribution in [2.75, 3.05) is 28.2 Å². The summed E-state index contributed by atoms with van der Waals surface area (Å²) in [6.45, 7) is 1.92. The van der Waals surface area contributed by atoms with E-state index in [1.165, 1.54) is 0 Å². The summed E-state index contributed by atoms with van der Waals surface area (Å²) >= 11 is 12.2. The quantitative estimate of drug-likeness (QED) is 0.521. The standard InChI is InChI=1S/C8H16Cl2N2/c1-6-7(11(2)3)8(9,10)12(4)5/h6H,1-5H3. The average molecular weight is 211 g/mol. The van der Waals surface area contributed by atoms with Gasteiger partial charge in [-0.05, 0) is 21.0 Å². The van der Waals surface area contributed by atoms with Crippen molar-refractivity contribution in [2.45, 2.75) is 11.4 Å². The highest BCUT2D eigenvalue weighted by Gasteiger charge is 2.32. The first kappa shape index (κ1) is 12.1. The Bertz CT molecular complexity index is 174. The first-order valence-corrected chi connectivity index (χ1v) is 4.49. The molecule has 72 valence electrons. The summed E-state index contributed by atoms with van der Waals surface area (Å²) in [6.07, 6.45) is 1.90. The number of hydrogen-bond acceptors (Lipinski definition) is 2. The Labute approximate surface area is 84.7 Å².